The lowest BCUT2D eigenvalue weighted by atomic mass is 10.1. The third-order valence-corrected chi connectivity index (χ3v) is 3.47. The predicted molar refractivity (Wildman–Crippen MR) is 108 cm³/mol. The molecule has 0 bridgehead atoms. The Bertz CT molecular complexity index is 587. The van der Waals surface area contributed by atoms with E-state index in [2.05, 4.69) is 44.9 Å². The molecule has 0 aliphatic carbocycles. The van der Waals surface area contributed by atoms with Crippen LogP contribution in [-0.4, -0.2) is 24.5 Å². The number of aromatic nitrogens is 1. The number of aryl methyl sites for hydroxylation is 1. The molecular formula is C17H22ClIN4. The molecule has 1 aromatic heterocycles. The fourth-order valence-electron chi connectivity index (χ4n) is 2.06. The molecule has 0 saturated carbocycles. The molecule has 0 amide bonds. The van der Waals surface area contributed by atoms with Gasteiger partial charge in [0.25, 0.3) is 0 Å². The van der Waals surface area contributed by atoms with E-state index in [0.29, 0.717) is 11.7 Å². The molecule has 1 heterocycles. The molecule has 0 saturated heterocycles. The highest BCUT2D eigenvalue weighted by molar-refractivity contribution is 14.0. The second kappa shape index (κ2) is 11.2. The maximum absolute atomic E-state index is 5.77. The summed E-state index contributed by atoms with van der Waals surface area (Å²) >= 11 is 5.77. The van der Waals surface area contributed by atoms with Gasteiger partial charge in [-0.25, -0.2) is 4.98 Å². The highest BCUT2D eigenvalue weighted by Gasteiger charge is 1.99. The number of nitrogens with one attached hydrogen (secondary N) is 2. The van der Waals surface area contributed by atoms with E-state index in [9.17, 15) is 0 Å². The van der Waals surface area contributed by atoms with Crippen molar-refractivity contribution >= 4 is 41.5 Å². The summed E-state index contributed by atoms with van der Waals surface area (Å²) < 4.78 is 0. The second-order valence-corrected chi connectivity index (χ2v) is 5.32. The lowest BCUT2D eigenvalue weighted by molar-refractivity contribution is 0.741. The molecule has 4 nitrogen and oxygen atoms in total. The van der Waals surface area contributed by atoms with E-state index in [-0.39, 0.29) is 24.0 Å². The van der Waals surface area contributed by atoms with Gasteiger partial charge >= 0.3 is 0 Å². The van der Waals surface area contributed by atoms with E-state index in [1.54, 1.807) is 19.3 Å². The third-order valence-electron chi connectivity index (χ3n) is 3.25. The summed E-state index contributed by atoms with van der Waals surface area (Å²) in [6.07, 6.45) is 3.89. The molecule has 2 aromatic rings. The first-order chi connectivity index (χ1) is 10.8. The third kappa shape index (κ3) is 7.65. The predicted octanol–water partition coefficient (Wildman–Crippen LogP) is 3.65. The number of hydrogen-bond donors (Lipinski definition) is 2. The Morgan fingerprint density at radius 1 is 1.09 bits per heavy atom. The van der Waals surface area contributed by atoms with E-state index in [1.165, 1.54) is 5.56 Å². The van der Waals surface area contributed by atoms with E-state index >= 15 is 0 Å². The molecule has 124 valence electrons. The molecule has 0 atom stereocenters. The average Bonchev–Trinajstić information content (AvgIpc) is 2.57. The maximum atomic E-state index is 5.77. The number of nitrogens with zero attached hydrogens (tertiary/aromatic N) is 2. The van der Waals surface area contributed by atoms with Crippen molar-refractivity contribution in [2.45, 2.75) is 19.4 Å². The molecule has 0 unspecified atom stereocenters. The number of aliphatic imine (C=N–C) groups is 1. The highest BCUT2D eigenvalue weighted by Crippen LogP contribution is 2.04. The van der Waals surface area contributed by atoms with Crippen LogP contribution in [0.3, 0.4) is 0 Å². The van der Waals surface area contributed by atoms with Gasteiger partial charge in [-0.3, -0.25) is 4.99 Å². The first-order valence-electron chi connectivity index (χ1n) is 7.37. The molecular weight excluding hydrogens is 423 g/mol. The number of pyridine rings is 1. The van der Waals surface area contributed by atoms with Crippen LogP contribution in [-0.2, 0) is 13.0 Å². The summed E-state index contributed by atoms with van der Waals surface area (Å²) in [6.45, 7) is 1.55. The first-order valence-corrected chi connectivity index (χ1v) is 7.74. The summed E-state index contributed by atoms with van der Waals surface area (Å²) in [4.78, 5) is 8.27. The van der Waals surface area contributed by atoms with Crippen molar-refractivity contribution in [2.75, 3.05) is 13.6 Å². The van der Waals surface area contributed by atoms with Gasteiger partial charge in [0.05, 0.1) is 0 Å². The normalized spacial score (nSPS) is 10.8. The van der Waals surface area contributed by atoms with Crippen molar-refractivity contribution < 1.29 is 0 Å². The molecule has 0 fully saturated rings. The quantitative estimate of drug-likeness (QED) is 0.235. The molecule has 0 aliphatic heterocycles. The molecule has 2 N–H and O–H groups in total. The average molecular weight is 445 g/mol. The number of hydrogen-bond acceptors (Lipinski definition) is 2. The van der Waals surface area contributed by atoms with Gasteiger partial charge in [0.1, 0.15) is 5.15 Å². The van der Waals surface area contributed by atoms with Crippen LogP contribution in [0.5, 0.6) is 0 Å². The topological polar surface area (TPSA) is 49.3 Å². The Morgan fingerprint density at radius 2 is 1.87 bits per heavy atom. The molecule has 0 spiro atoms. The van der Waals surface area contributed by atoms with E-state index in [0.717, 1.165) is 30.9 Å². The smallest absolute Gasteiger partial charge is 0.191 e. The van der Waals surface area contributed by atoms with Crippen LogP contribution in [0.2, 0.25) is 5.15 Å². The fraction of sp³-hybridized carbons (Fsp3) is 0.294. The van der Waals surface area contributed by atoms with E-state index in [4.69, 9.17) is 11.6 Å². The maximum Gasteiger partial charge on any atom is 0.191 e. The number of guanidine groups is 1. The second-order valence-electron chi connectivity index (χ2n) is 4.93. The Labute approximate surface area is 159 Å². The summed E-state index contributed by atoms with van der Waals surface area (Å²) in [5.41, 5.74) is 2.43. The lowest BCUT2D eigenvalue weighted by Gasteiger charge is -2.11. The molecule has 1 aromatic carbocycles. The summed E-state index contributed by atoms with van der Waals surface area (Å²) in [7, 11) is 1.77. The SMILES string of the molecule is CN=C(NCCCc1ccccc1)NCc1ccc(Cl)nc1.I. The van der Waals surface area contributed by atoms with Gasteiger partial charge in [-0.05, 0) is 30.0 Å². The zero-order valence-corrected chi connectivity index (χ0v) is 16.2. The van der Waals surface area contributed by atoms with Crippen molar-refractivity contribution in [3.63, 3.8) is 0 Å². The van der Waals surface area contributed by atoms with Crippen molar-refractivity contribution in [1.29, 1.82) is 0 Å². The number of benzene rings is 1. The minimum atomic E-state index is 0. The Kier molecular flexibility index (Phi) is 9.63. The van der Waals surface area contributed by atoms with Crippen molar-refractivity contribution in [2.24, 2.45) is 4.99 Å². The van der Waals surface area contributed by atoms with Gasteiger partial charge in [0.2, 0.25) is 0 Å². The standard InChI is InChI=1S/C17H21ClN4.HI/c1-19-17(22-13-15-9-10-16(18)21-12-15)20-11-5-8-14-6-3-2-4-7-14;/h2-4,6-7,9-10,12H,5,8,11,13H2,1H3,(H2,19,20,22);1H. The minimum absolute atomic E-state index is 0. The van der Waals surface area contributed by atoms with Gasteiger partial charge in [-0.15, -0.1) is 24.0 Å². The zero-order chi connectivity index (χ0) is 15.6. The first kappa shape index (κ1) is 19.7. The zero-order valence-electron chi connectivity index (χ0n) is 13.1. The Morgan fingerprint density at radius 3 is 2.52 bits per heavy atom. The van der Waals surface area contributed by atoms with Crippen LogP contribution in [0.4, 0.5) is 0 Å². The van der Waals surface area contributed by atoms with Crippen LogP contribution < -0.4 is 10.6 Å². The number of halogens is 2. The lowest BCUT2D eigenvalue weighted by Crippen LogP contribution is -2.37. The number of rotatable bonds is 6. The van der Waals surface area contributed by atoms with Gasteiger partial charge in [0, 0.05) is 26.3 Å². The van der Waals surface area contributed by atoms with Crippen LogP contribution in [0.15, 0.2) is 53.7 Å². The van der Waals surface area contributed by atoms with Crippen molar-refractivity contribution in [3.05, 3.63) is 64.9 Å². The van der Waals surface area contributed by atoms with Gasteiger partial charge < -0.3 is 10.6 Å². The van der Waals surface area contributed by atoms with Gasteiger partial charge in [-0.1, -0.05) is 48.0 Å². The van der Waals surface area contributed by atoms with Crippen LogP contribution in [0, 0.1) is 0 Å². The van der Waals surface area contributed by atoms with Crippen LogP contribution >= 0.6 is 35.6 Å². The fourth-order valence-corrected chi connectivity index (χ4v) is 2.17. The van der Waals surface area contributed by atoms with Crippen molar-refractivity contribution in [1.82, 2.24) is 15.6 Å². The minimum Gasteiger partial charge on any atom is -0.356 e. The van der Waals surface area contributed by atoms with E-state index in [1.807, 2.05) is 12.1 Å². The summed E-state index contributed by atoms with van der Waals surface area (Å²) in [6, 6.07) is 14.2. The summed E-state index contributed by atoms with van der Waals surface area (Å²) in [5, 5.41) is 7.08. The largest absolute Gasteiger partial charge is 0.356 e. The van der Waals surface area contributed by atoms with Gasteiger partial charge in [-0.2, -0.15) is 0 Å². The molecule has 0 aliphatic rings. The molecule has 6 heteroatoms. The molecule has 2 rings (SSSR count). The van der Waals surface area contributed by atoms with Crippen LogP contribution in [0.1, 0.15) is 17.5 Å². The molecule has 0 radical (unpaired) electrons. The highest BCUT2D eigenvalue weighted by atomic mass is 127. The Balaban J connectivity index is 0.00000264. The van der Waals surface area contributed by atoms with E-state index < -0.39 is 0 Å². The monoisotopic (exact) mass is 444 g/mol. The van der Waals surface area contributed by atoms with Crippen molar-refractivity contribution in [3.8, 4) is 0 Å². The van der Waals surface area contributed by atoms with Gasteiger partial charge in [0.15, 0.2) is 5.96 Å². The summed E-state index contributed by atoms with van der Waals surface area (Å²) in [5.74, 6) is 0.794. The van der Waals surface area contributed by atoms with Crippen LogP contribution in [0.25, 0.3) is 0 Å². The molecule has 23 heavy (non-hydrogen) atoms. The Hall–Kier alpha value is -1.34.